The summed E-state index contributed by atoms with van der Waals surface area (Å²) in [5.74, 6) is -2.13. The van der Waals surface area contributed by atoms with Crippen LogP contribution in [-0.2, 0) is 38.1 Å². The minimum Gasteiger partial charge on any atom is -0.462 e. The van der Waals surface area contributed by atoms with Crippen molar-refractivity contribution in [1.82, 2.24) is 19.9 Å². The van der Waals surface area contributed by atoms with E-state index in [-0.39, 0.29) is 92.3 Å². The minimum absolute atomic E-state index is 0.0138. The number of carbonyl (C=O) groups is 4. The van der Waals surface area contributed by atoms with Crippen molar-refractivity contribution >= 4 is 29.6 Å². The van der Waals surface area contributed by atoms with E-state index in [4.69, 9.17) is 32.2 Å². The van der Waals surface area contributed by atoms with Gasteiger partial charge in [0.2, 0.25) is 17.7 Å². The monoisotopic (exact) mass is 882 g/mol. The van der Waals surface area contributed by atoms with E-state index in [2.05, 4.69) is 15.0 Å². The summed E-state index contributed by atoms with van der Waals surface area (Å²) < 4.78 is 40.6. The Kier molecular flexibility index (Phi) is 19.9. The lowest BCUT2D eigenvalue weighted by Crippen LogP contribution is -2.39. The van der Waals surface area contributed by atoms with Gasteiger partial charge in [-0.25, -0.2) is 15.0 Å². The fourth-order valence-corrected chi connectivity index (χ4v) is 7.67. The molecule has 0 unspecified atom stereocenters. The maximum atomic E-state index is 13.6. The highest BCUT2D eigenvalue weighted by Crippen LogP contribution is 2.31. The molecule has 4 rings (SSSR count). The third kappa shape index (κ3) is 15.4. The first-order valence-corrected chi connectivity index (χ1v) is 21.7. The van der Waals surface area contributed by atoms with Crippen LogP contribution in [0.3, 0.4) is 0 Å². The number of aromatic nitrogens is 3. The Balaban J connectivity index is 1.51. The van der Waals surface area contributed by atoms with Gasteiger partial charge in [0.05, 0.1) is 36.3 Å². The zero-order valence-corrected chi connectivity index (χ0v) is 38.1. The Morgan fingerprint density at radius 1 is 1.00 bits per heavy atom. The van der Waals surface area contributed by atoms with Crippen molar-refractivity contribution in [2.45, 2.75) is 136 Å². The molecule has 63 heavy (non-hydrogen) atoms. The van der Waals surface area contributed by atoms with E-state index in [1.807, 2.05) is 33.8 Å². The maximum Gasteiger partial charge on any atom is 0.308 e. The first-order valence-electron chi connectivity index (χ1n) is 21.7. The largest absolute Gasteiger partial charge is 0.462 e. The number of Topliss-reactive ketones (excluding diaryl/α,β-unsaturated/α-hetero) is 2. The second-order valence-corrected chi connectivity index (χ2v) is 16.8. The number of esters is 2. The van der Waals surface area contributed by atoms with Crippen molar-refractivity contribution in [1.29, 1.82) is 0 Å². The maximum absolute atomic E-state index is 13.6. The molecular weight excluding hydrogens is 817 g/mol. The van der Waals surface area contributed by atoms with E-state index < -0.39 is 48.4 Å². The quantitative estimate of drug-likeness (QED) is 0.116. The predicted octanol–water partition coefficient (Wildman–Crippen LogP) is 6.94. The summed E-state index contributed by atoms with van der Waals surface area (Å²) in [4.78, 5) is 67.1. The van der Waals surface area contributed by atoms with Gasteiger partial charge in [0.25, 0.3) is 0 Å². The van der Waals surface area contributed by atoms with Crippen LogP contribution < -0.4 is 0 Å². The fourth-order valence-electron chi connectivity index (χ4n) is 7.67. The lowest BCUT2D eigenvalue weighted by atomic mass is 9.84. The SMILES string of the molecule is CO[C@H]1CC=Cc2nc(co2)-c2nc(co2)-c2nc(co2)[C@@H](C)CC(=O)CCC[C@H](O)CC(=O)O[C@@H](C[C@H](OC)[C@@H](C)CCC(=O)[C@@H](C)[C@H](OC(C)=O)[C@@H](C)/C=C\N(C)CO)[C@@H]1C. The number of fused-ring (bicyclic) bond motifs is 8. The van der Waals surface area contributed by atoms with Gasteiger partial charge in [-0.3, -0.25) is 19.2 Å². The summed E-state index contributed by atoms with van der Waals surface area (Å²) in [6.07, 6.45) is 10.1. The highest BCUT2D eigenvalue weighted by molar-refractivity contribution is 5.82. The number of ketones is 2. The standard InChI is InChI=1S/C46H66N4O13/c1-27(16-17-38(55)30(4)44(62-32(6)52)28(2)18-19-50(7)26-51)40(58-9)22-41-31(5)39(57-8)14-11-15-42-47-36(24-59-42)45-49-37(25-61-45)46-48-35(23-60-46)29(3)20-33(53)12-10-13-34(54)21-43(56)63-41/h11,15,18-19,23-25,27-31,34,39-41,44,51,54H,10,12-14,16-17,20-22,26H2,1-9H3/b15-11?,19-18-/t27-,28-,29-,30+,31+,34-,39-,40-,41-,44+/m0/s1. The number of oxazole rings is 3. The van der Waals surface area contributed by atoms with Gasteiger partial charge in [-0.05, 0) is 43.9 Å². The predicted molar refractivity (Wildman–Crippen MR) is 230 cm³/mol. The number of hydrogen-bond acceptors (Lipinski definition) is 17. The van der Waals surface area contributed by atoms with Crippen LogP contribution in [0.4, 0.5) is 0 Å². The topological polar surface area (TPSA) is 227 Å². The average molecular weight is 883 g/mol. The molecule has 0 spiro atoms. The third-order valence-electron chi connectivity index (χ3n) is 11.7. The average Bonchev–Trinajstić information content (AvgIpc) is 4.05. The summed E-state index contributed by atoms with van der Waals surface area (Å²) in [6.45, 7) is 10.5. The van der Waals surface area contributed by atoms with Gasteiger partial charge in [0.15, 0.2) is 11.4 Å². The highest BCUT2D eigenvalue weighted by Gasteiger charge is 2.35. The lowest BCUT2D eigenvalue weighted by molar-refractivity contribution is -0.160. The molecule has 0 aromatic carbocycles. The normalized spacial score (nSPS) is 23.2. The van der Waals surface area contributed by atoms with Crippen LogP contribution in [0.15, 0.2) is 50.4 Å². The lowest BCUT2D eigenvalue weighted by Gasteiger charge is -2.34. The van der Waals surface area contributed by atoms with Crippen molar-refractivity contribution in [3.8, 4) is 23.2 Å². The minimum atomic E-state index is -1.03. The van der Waals surface area contributed by atoms with Crippen molar-refractivity contribution in [3.63, 3.8) is 0 Å². The van der Waals surface area contributed by atoms with Gasteiger partial charge in [-0.15, -0.1) is 0 Å². The van der Waals surface area contributed by atoms with E-state index >= 15 is 0 Å². The van der Waals surface area contributed by atoms with E-state index in [1.54, 1.807) is 51.4 Å². The van der Waals surface area contributed by atoms with Gasteiger partial charge < -0.3 is 47.3 Å². The molecule has 3 aromatic heterocycles. The van der Waals surface area contributed by atoms with E-state index in [1.165, 1.54) is 25.7 Å². The zero-order valence-electron chi connectivity index (χ0n) is 38.1. The molecule has 0 aliphatic carbocycles. The van der Waals surface area contributed by atoms with Crippen LogP contribution in [0.1, 0.15) is 117 Å². The summed E-state index contributed by atoms with van der Waals surface area (Å²) in [5, 5.41) is 20.2. The van der Waals surface area contributed by atoms with E-state index in [0.717, 1.165) is 0 Å². The van der Waals surface area contributed by atoms with Gasteiger partial charge in [0.1, 0.15) is 49.3 Å². The summed E-state index contributed by atoms with van der Waals surface area (Å²) in [6, 6.07) is 0. The molecule has 2 N–H and O–H groups in total. The molecule has 10 atom stereocenters. The smallest absolute Gasteiger partial charge is 0.308 e. The Hall–Kier alpha value is -4.97. The van der Waals surface area contributed by atoms with Crippen LogP contribution >= 0.6 is 0 Å². The second kappa shape index (κ2) is 24.8. The number of aliphatic hydroxyl groups is 2. The molecule has 1 aliphatic rings. The summed E-state index contributed by atoms with van der Waals surface area (Å²) in [7, 11) is 4.85. The summed E-state index contributed by atoms with van der Waals surface area (Å²) >= 11 is 0. The number of hydrogen-bond donors (Lipinski definition) is 2. The highest BCUT2D eigenvalue weighted by atomic mass is 16.6. The molecule has 3 aromatic rings. The van der Waals surface area contributed by atoms with Crippen LogP contribution in [0.2, 0.25) is 0 Å². The molecular formula is C46H66N4O13. The van der Waals surface area contributed by atoms with E-state index in [0.29, 0.717) is 42.2 Å². The van der Waals surface area contributed by atoms with Gasteiger partial charge >= 0.3 is 11.9 Å². The number of rotatable bonds is 15. The number of cyclic esters (lactones) is 1. The Morgan fingerprint density at radius 3 is 2.40 bits per heavy atom. The van der Waals surface area contributed by atoms with Crippen LogP contribution in [-0.4, -0.2) is 112 Å². The molecule has 17 nitrogen and oxygen atoms in total. The van der Waals surface area contributed by atoms with Crippen molar-refractivity contribution in [2.24, 2.45) is 23.7 Å². The molecule has 0 saturated heterocycles. The van der Waals surface area contributed by atoms with Gasteiger partial charge in [0, 0.05) is 71.6 Å². The van der Waals surface area contributed by atoms with Crippen molar-refractivity contribution < 1.29 is 61.6 Å². The molecule has 17 heteroatoms. The molecule has 1 aliphatic heterocycles. The second-order valence-electron chi connectivity index (χ2n) is 16.8. The zero-order chi connectivity index (χ0) is 46.2. The van der Waals surface area contributed by atoms with Gasteiger partial charge in [-0.1, -0.05) is 46.8 Å². The molecule has 0 saturated carbocycles. The Morgan fingerprint density at radius 2 is 1.70 bits per heavy atom. The number of ether oxygens (including phenoxy) is 4. The van der Waals surface area contributed by atoms with Crippen molar-refractivity contribution in [2.75, 3.05) is 28.0 Å². The molecule has 0 fully saturated rings. The Labute approximate surface area is 369 Å². The van der Waals surface area contributed by atoms with Crippen LogP contribution in [0.5, 0.6) is 0 Å². The first kappa shape index (κ1) is 50.7. The van der Waals surface area contributed by atoms with Crippen molar-refractivity contribution in [3.05, 3.63) is 48.7 Å². The Bertz CT molecular complexity index is 1970. The summed E-state index contributed by atoms with van der Waals surface area (Å²) in [5.41, 5.74) is 1.30. The molecule has 348 valence electrons. The van der Waals surface area contributed by atoms with E-state index in [9.17, 15) is 29.4 Å². The molecule has 0 amide bonds. The first-order chi connectivity index (χ1) is 30.0. The number of carbonyl (C=O) groups excluding carboxylic acids is 4. The van der Waals surface area contributed by atoms with Gasteiger partial charge in [-0.2, -0.15) is 0 Å². The molecule has 0 radical (unpaired) electrons. The number of methoxy groups -OCH3 is 2. The number of nitrogens with zero attached hydrogens (tertiary/aromatic N) is 4. The van der Waals surface area contributed by atoms with Crippen LogP contribution in [0, 0.1) is 23.7 Å². The van der Waals surface area contributed by atoms with Crippen LogP contribution in [0.25, 0.3) is 29.2 Å². The molecule has 4 heterocycles. The number of aliphatic hydroxyl groups excluding tert-OH is 2. The third-order valence-corrected chi connectivity index (χ3v) is 11.7. The fraction of sp³-hybridized carbons (Fsp3) is 0.630. The molecule has 6 bridgehead atoms.